The van der Waals surface area contributed by atoms with Gasteiger partial charge in [-0.25, -0.2) is 4.98 Å². The molecule has 2 fully saturated rings. The van der Waals surface area contributed by atoms with E-state index >= 15 is 0 Å². The highest BCUT2D eigenvalue weighted by atomic mass is 35.5. The monoisotopic (exact) mass is 282 g/mol. The molecule has 2 aliphatic rings. The lowest BCUT2D eigenvalue weighted by Crippen LogP contribution is -2.42. The lowest BCUT2D eigenvalue weighted by Gasteiger charge is -2.38. The zero-order valence-electron chi connectivity index (χ0n) is 10.9. The highest BCUT2D eigenvalue weighted by molar-refractivity contribution is 6.29. The highest BCUT2D eigenvalue weighted by Gasteiger charge is 2.39. The molecule has 0 bridgehead atoms. The van der Waals surface area contributed by atoms with E-state index in [0.717, 1.165) is 19.4 Å². The molecular formula is C13H19ClN4O. The number of nitrogens with two attached hydrogens (primary N) is 1. The fourth-order valence-corrected chi connectivity index (χ4v) is 3.43. The van der Waals surface area contributed by atoms with Gasteiger partial charge in [0.05, 0.1) is 5.60 Å². The Labute approximate surface area is 117 Å². The van der Waals surface area contributed by atoms with Gasteiger partial charge >= 0.3 is 0 Å². The third-order valence-corrected chi connectivity index (χ3v) is 4.27. The predicted octanol–water partition coefficient (Wildman–Crippen LogP) is 2.62. The fourth-order valence-electron chi connectivity index (χ4n) is 3.24. The van der Waals surface area contributed by atoms with Crippen LogP contribution in [0, 0.1) is 0 Å². The predicted molar refractivity (Wildman–Crippen MR) is 75.3 cm³/mol. The Bertz CT molecular complexity index is 442. The van der Waals surface area contributed by atoms with Gasteiger partial charge in [-0.1, -0.05) is 24.4 Å². The van der Waals surface area contributed by atoms with E-state index in [2.05, 4.69) is 15.3 Å². The first kappa shape index (κ1) is 12.9. The minimum absolute atomic E-state index is 0.0955. The minimum atomic E-state index is 0.0955. The van der Waals surface area contributed by atoms with E-state index in [-0.39, 0.29) is 11.5 Å². The zero-order chi connectivity index (χ0) is 13.3. The number of anilines is 2. The molecule has 1 saturated carbocycles. The number of nitrogens with one attached hydrogen (secondary N) is 1. The van der Waals surface area contributed by atoms with Gasteiger partial charge in [0.25, 0.3) is 0 Å². The maximum atomic E-state index is 6.02. The molecule has 1 aliphatic carbocycles. The maximum Gasteiger partial charge on any atom is 0.223 e. The summed E-state index contributed by atoms with van der Waals surface area (Å²) in [6, 6.07) is 2.09. The molecule has 1 aromatic heterocycles. The summed E-state index contributed by atoms with van der Waals surface area (Å²) in [5.41, 5.74) is 5.70. The number of halogens is 1. The molecular weight excluding hydrogens is 264 g/mol. The summed E-state index contributed by atoms with van der Waals surface area (Å²) < 4.78 is 6.02. The third-order valence-electron chi connectivity index (χ3n) is 4.07. The van der Waals surface area contributed by atoms with Crippen LogP contribution in [0.2, 0.25) is 5.15 Å². The van der Waals surface area contributed by atoms with Gasteiger partial charge in [0.15, 0.2) is 0 Å². The van der Waals surface area contributed by atoms with Crippen molar-refractivity contribution in [3.63, 3.8) is 0 Å². The molecule has 1 spiro atoms. The maximum absolute atomic E-state index is 6.02. The summed E-state index contributed by atoms with van der Waals surface area (Å²) in [6.07, 6.45) is 6.94. The Kier molecular flexibility index (Phi) is 3.50. The molecule has 1 aromatic rings. The molecule has 0 radical (unpaired) electrons. The van der Waals surface area contributed by atoms with Gasteiger partial charge in [-0.3, -0.25) is 0 Å². The van der Waals surface area contributed by atoms with Crippen molar-refractivity contribution < 1.29 is 4.74 Å². The lowest BCUT2D eigenvalue weighted by atomic mass is 9.89. The van der Waals surface area contributed by atoms with Crippen LogP contribution in [0.1, 0.15) is 38.5 Å². The van der Waals surface area contributed by atoms with Gasteiger partial charge in [0, 0.05) is 18.7 Å². The molecule has 1 atom stereocenters. The Morgan fingerprint density at radius 1 is 1.37 bits per heavy atom. The highest BCUT2D eigenvalue weighted by Crippen LogP contribution is 2.40. The zero-order valence-corrected chi connectivity index (χ0v) is 11.6. The molecule has 19 heavy (non-hydrogen) atoms. The van der Waals surface area contributed by atoms with Gasteiger partial charge < -0.3 is 15.8 Å². The van der Waals surface area contributed by atoms with Crippen LogP contribution in [-0.2, 0) is 4.74 Å². The molecule has 1 saturated heterocycles. The number of hydrogen-bond donors (Lipinski definition) is 2. The first-order valence-corrected chi connectivity index (χ1v) is 7.24. The molecule has 3 N–H and O–H groups in total. The van der Waals surface area contributed by atoms with Gasteiger partial charge in [-0.15, -0.1) is 0 Å². The molecule has 1 aliphatic heterocycles. The Balaban J connectivity index is 1.69. The summed E-state index contributed by atoms with van der Waals surface area (Å²) in [5, 5.41) is 3.79. The molecule has 6 heteroatoms. The summed E-state index contributed by atoms with van der Waals surface area (Å²) in [5.74, 6) is 0.912. The van der Waals surface area contributed by atoms with E-state index in [9.17, 15) is 0 Å². The second kappa shape index (κ2) is 5.13. The smallest absolute Gasteiger partial charge is 0.223 e. The molecule has 2 heterocycles. The number of ether oxygens (including phenoxy) is 1. The average Bonchev–Trinajstić information content (AvgIpc) is 2.76. The van der Waals surface area contributed by atoms with Gasteiger partial charge in [0.1, 0.15) is 11.0 Å². The minimum Gasteiger partial charge on any atom is -0.375 e. The van der Waals surface area contributed by atoms with Crippen LogP contribution in [0.3, 0.4) is 0 Å². The number of nitrogens with zero attached hydrogens (tertiary/aromatic N) is 2. The standard InChI is InChI=1S/C13H19ClN4O/c14-10-7-11(18-12(15)17-10)16-9-3-6-19-13(8-9)4-1-2-5-13/h7,9H,1-6,8H2,(H3,15,16,17,18). The van der Waals surface area contributed by atoms with Crippen LogP contribution in [0.4, 0.5) is 11.8 Å². The summed E-state index contributed by atoms with van der Waals surface area (Å²) >= 11 is 5.89. The van der Waals surface area contributed by atoms with E-state index in [0.29, 0.717) is 17.0 Å². The van der Waals surface area contributed by atoms with Crippen molar-refractivity contribution in [3.8, 4) is 0 Å². The number of hydrogen-bond acceptors (Lipinski definition) is 5. The second-order valence-electron chi connectivity index (χ2n) is 5.51. The number of nitrogen functional groups attached to an aromatic ring is 1. The Morgan fingerprint density at radius 3 is 2.89 bits per heavy atom. The normalized spacial score (nSPS) is 25.6. The lowest BCUT2D eigenvalue weighted by molar-refractivity contribution is -0.0767. The summed E-state index contributed by atoms with van der Waals surface area (Å²) in [6.45, 7) is 0.811. The summed E-state index contributed by atoms with van der Waals surface area (Å²) in [4.78, 5) is 8.04. The third kappa shape index (κ3) is 2.92. The summed E-state index contributed by atoms with van der Waals surface area (Å²) in [7, 11) is 0. The van der Waals surface area contributed by atoms with E-state index in [4.69, 9.17) is 22.1 Å². The first-order chi connectivity index (χ1) is 9.15. The van der Waals surface area contributed by atoms with Crippen LogP contribution < -0.4 is 11.1 Å². The molecule has 1 unspecified atom stereocenters. The van der Waals surface area contributed by atoms with Crippen molar-refractivity contribution in [1.29, 1.82) is 0 Å². The average molecular weight is 283 g/mol. The number of aromatic nitrogens is 2. The van der Waals surface area contributed by atoms with Crippen LogP contribution >= 0.6 is 11.6 Å². The molecule has 0 amide bonds. The van der Waals surface area contributed by atoms with Crippen molar-refractivity contribution in [1.82, 2.24) is 9.97 Å². The molecule has 3 rings (SSSR count). The van der Waals surface area contributed by atoms with Crippen molar-refractivity contribution in [2.45, 2.75) is 50.2 Å². The molecule has 5 nitrogen and oxygen atoms in total. The quantitative estimate of drug-likeness (QED) is 0.816. The number of rotatable bonds is 2. The van der Waals surface area contributed by atoms with E-state index in [1.54, 1.807) is 6.07 Å². The van der Waals surface area contributed by atoms with Crippen LogP contribution in [0.5, 0.6) is 0 Å². The van der Waals surface area contributed by atoms with E-state index < -0.39 is 0 Å². The van der Waals surface area contributed by atoms with Crippen LogP contribution in [-0.4, -0.2) is 28.2 Å². The van der Waals surface area contributed by atoms with Crippen molar-refractivity contribution >= 4 is 23.4 Å². The Hall–Kier alpha value is -1.07. The van der Waals surface area contributed by atoms with Crippen LogP contribution in [0.15, 0.2) is 6.07 Å². The van der Waals surface area contributed by atoms with Crippen molar-refractivity contribution in [2.24, 2.45) is 0 Å². The van der Waals surface area contributed by atoms with Gasteiger partial charge in [-0.2, -0.15) is 4.98 Å². The molecule has 0 aromatic carbocycles. The van der Waals surface area contributed by atoms with Crippen molar-refractivity contribution in [3.05, 3.63) is 11.2 Å². The topological polar surface area (TPSA) is 73.1 Å². The fraction of sp³-hybridized carbons (Fsp3) is 0.692. The largest absolute Gasteiger partial charge is 0.375 e. The van der Waals surface area contributed by atoms with Gasteiger partial charge in [0.2, 0.25) is 5.95 Å². The van der Waals surface area contributed by atoms with E-state index in [1.165, 1.54) is 25.7 Å². The van der Waals surface area contributed by atoms with Gasteiger partial charge in [-0.05, 0) is 25.7 Å². The Morgan fingerprint density at radius 2 is 2.16 bits per heavy atom. The van der Waals surface area contributed by atoms with E-state index in [1.807, 2.05) is 0 Å². The van der Waals surface area contributed by atoms with Crippen LogP contribution in [0.25, 0.3) is 0 Å². The SMILES string of the molecule is Nc1nc(Cl)cc(NC2CCOC3(CCCC3)C2)n1. The molecule has 104 valence electrons. The first-order valence-electron chi connectivity index (χ1n) is 6.86. The second-order valence-corrected chi connectivity index (χ2v) is 5.89. The van der Waals surface area contributed by atoms with Crippen molar-refractivity contribution in [2.75, 3.05) is 17.7 Å².